The Morgan fingerprint density at radius 1 is 1.50 bits per heavy atom. The Balaban J connectivity index is 1.49. The minimum Gasteiger partial charge on any atom is -0.372 e. The SMILES string of the molecule is CC(C)OCC1=C[NH+]2C(Nc3cc(C4CC4)[nH]n3)=CN(Cl)CC2=N1. The zero-order chi connectivity index (χ0) is 16.7. The van der Waals surface area contributed by atoms with Crippen LogP contribution in [0.4, 0.5) is 5.82 Å². The van der Waals surface area contributed by atoms with Gasteiger partial charge in [-0.25, -0.2) is 4.90 Å². The summed E-state index contributed by atoms with van der Waals surface area (Å²) in [5, 5.41) is 10.8. The van der Waals surface area contributed by atoms with Crippen LogP contribution >= 0.6 is 11.8 Å². The lowest BCUT2D eigenvalue weighted by Gasteiger charge is -2.23. The van der Waals surface area contributed by atoms with E-state index in [2.05, 4.69) is 32.8 Å². The fraction of sp³-hybridized carbons (Fsp3) is 0.500. The summed E-state index contributed by atoms with van der Waals surface area (Å²) in [6.07, 6.45) is 6.62. The molecule has 3 heterocycles. The first-order valence-electron chi connectivity index (χ1n) is 8.32. The number of aromatic amines is 1. The number of anilines is 1. The molecule has 0 radical (unpaired) electrons. The minimum atomic E-state index is 0.182. The molecule has 1 unspecified atom stereocenters. The third kappa shape index (κ3) is 3.33. The quantitative estimate of drug-likeness (QED) is 0.681. The summed E-state index contributed by atoms with van der Waals surface area (Å²) in [5.41, 5.74) is 2.12. The highest BCUT2D eigenvalue weighted by atomic mass is 35.5. The molecule has 128 valence electrons. The van der Waals surface area contributed by atoms with Gasteiger partial charge in [-0.15, -0.1) is 0 Å². The van der Waals surface area contributed by atoms with Crippen LogP contribution in [0.2, 0.25) is 0 Å². The number of fused-ring (bicyclic) bond motifs is 1. The molecule has 0 saturated heterocycles. The highest BCUT2D eigenvalue weighted by Crippen LogP contribution is 2.39. The first-order chi connectivity index (χ1) is 11.6. The smallest absolute Gasteiger partial charge is 0.234 e. The molecule has 1 aliphatic carbocycles. The Kier molecular flexibility index (Phi) is 4.07. The van der Waals surface area contributed by atoms with Crippen molar-refractivity contribution in [1.29, 1.82) is 0 Å². The number of aliphatic imine (C=N–C) groups is 1. The lowest BCUT2D eigenvalue weighted by atomic mass is 10.3. The van der Waals surface area contributed by atoms with Gasteiger partial charge in [0.1, 0.15) is 18.4 Å². The number of amidine groups is 1. The number of quaternary nitrogens is 1. The van der Waals surface area contributed by atoms with Gasteiger partial charge in [-0.3, -0.25) is 14.8 Å². The minimum absolute atomic E-state index is 0.182. The van der Waals surface area contributed by atoms with Crippen LogP contribution in [-0.2, 0) is 4.74 Å². The summed E-state index contributed by atoms with van der Waals surface area (Å²) in [5.74, 6) is 3.31. The van der Waals surface area contributed by atoms with E-state index in [1.807, 2.05) is 20.0 Å². The number of rotatable bonds is 6. The van der Waals surface area contributed by atoms with Gasteiger partial charge in [0, 0.05) is 29.5 Å². The monoisotopic (exact) mass is 349 g/mol. The first-order valence-corrected chi connectivity index (χ1v) is 8.66. The van der Waals surface area contributed by atoms with Crippen molar-refractivity contribution in [2.45, 2.75) is 38.7 Å². The van der Waals surface area contributed by atoms with Gasteiger partial charge in [-0.1, -0.05) is 0 Å². The van der Waals surface area contributed by atoms with Gasteiger partial charge in [-0.2, -0.15) is 10.1 Å². The van der Waals surface area contributed by atoms with Crippen LogP contribution in [0.1, 0.15) is 38.3 Å². The summed E-state index contributed by atoms with van der Waals surface area (Å²) in [6, 6.07) is 2.07. The molecular formula is C16H22ClN6O+. The van der Waals surface area contributed by atoms with Crippen LogP contribution in [-0.4, -0.2) is 39.7 Å². The summed E-state index contributed by atoms with van der Waals surface area (Å²) in [7, 11) is 0. The third-order valence-corrected chi connectivity index (χ3v) is 4.42. The largest absolute Gasteiger partial charge is 0.372 e. The number of H-pyrrole nitrogens is 1. The Morgan fingerprint density at radius 2 is 2.33 bits per heavy atom. The number of ether oxygens (including phenoxy) is 1. The second-order valence-electron chi connectivity index (χ2n) is 6.68. The van der Waals surface area contributed by atoms with Crippen LogP contribution in [0.15, 0.2) is 35.0 Å². The van der Waals surface area contributed by atoms with Gasteiger partial charge in [0.2, 0.25) is 11.7 Å². The number of hydrogen-bond donors (Lipinski definition) is 3. The molecule has 8 heteroatoms. The van der Waals surface area contributed by atoms with Gasteiger partial charge in [0.25, 0.3) is 0 Å². The molecule has 0 aromatic carbocycles. The van der Waals surface area contributed by atoms with Crippen molar-refractivity contribution < 1.29 is 9.64 Å². The summed E-state index contributed by atoms with van der Waals surface area (Å²) < 4.78 is 7.27. The molecule has 0 bridgehead atoms. The summed E-state index contributed by atoms with van der Waals surface area (Å²) in [4.78, 5) is 5.71. The van der Waals surface area contributed by atoms with Gasteiger partial charge in [-0.05, 0) is 26.7 Å². The van der Waals surface area contributed by atoms with Crippen molar-refractivity contribution in [2.75, 3.05) is 18.5 Å². The third-order valence-electron chi connectivity index (χ3n) is 4.20. The van der Waals surface area contributed by atoms with Gasteiger partial charge >= 0.3 is 0 Å². The second kappa shape index (κ2) is 6.23. The number of hydrogen-bond acceptors (Lipinski definition) is 5. The maximum atomic E-state index is 6.23. The number of halogens is 1. The molecule has 3 N–H and O–H groups in total. The van der Waals surface area contributed by atoms with Crippen LogP contribution in [0.5, 0.6) is 0 Å². The Labute approximate surface area is 146 Å². The number of aromatic nitrogens is 2. The lowest BCUT2D eigenvalue weighted by molar-refractivity contribution is -0.700. The van der Waals surface area contributed by atoms with Crippen LogP contribution in [0.25, 0.3) is 0 Å². The van der Waals surface area contributed by atoms with Gasteiger partial charge in [0.15, 0.2) is 5.82 Å². The Hall–Kier alpha value is -1.83. The lowest BCUT2D eigenvalue weighted by Crippen LogP contribution is -3.10. The van der Waals surface area contributed by atoms with Crippen LogP contribution in [0.3, 0.4) is 0 Å². The molecule has 2 aliphatic heterocycles. The molecule has 0 spiro atoms. The van der Waals surface area contributed by atoms with E-state index < -0.39 is 0 Å². The van der Waals surface area contributed by atoms with E-state index >= 15 is 0 Å². The van der Waals surface area contributed by atoms with E-state index in [0.29, 0.717) is 19.1 Å². The molecule has 24 heavy (non-hydrogen) atoms. The molecule has 1 aromatic rings. The average Bonchev–Trinajstić information content (AvgIpc) is 3.13. The van der Waals surface area contributed by atoms with Crippen molar-refractivity contribution in [1.82, 2.24) is 14.6 Å². The van der Waals surface area contributed by atoms with Crippen molar-refractivity contribution in [2.24, 2.45) is 4.99 Å². The average molecular weight is 350 g/mol. The molecule has 1 aromatic heterocycles. The van der Waals surface area contributed by atoms with E-state index in [0.717, 1.165) is 28.1 Å². The van der Waals surface area contributed by atoms with E-state index in [-0.39, 0.29) is 6.10 Å². The summed E-state index contributed by atoms with van der Waals surface area (Å²) in [6.45, 7) is 5.13. The zero-order valence-electron chi connectivity index (χ0n) is 13.8. The van der Waals surface area contributed by atoms with Crippen LogP contribution in [0, 0.1) is 0 Å². The molecule has 7 nitrogen and oxygen atoms in total. The normalized spacial score (nSPS) is 23.1. The number of nitrogens with zero attached hydrogens (tertiary/aromatic N) is 3. The Morgan fingerprint density at radius 3 is 3.08 bits per heavy atom. The molecule has 3 aliphatic rings. The van der Waals surface area contributed by atoms with Crippen molar-refractivity contribution in [3.8, 4) is 0 Å². The van der Waals surface area contributed by atoms with Gasteiger partial charge in [0.05, 0.1) is 18.9 Å². The first kappa shape index (κ1) is 15.7. The van der Waals surface area contributed by atoms with Crippen molar-refractivity contribution in [3.05, 3.63) is 35.7 Å². The standard InChI is InChI=1S/C16H21ClN6O/c1-10(2)24-9-12-6-23-15(18-12)7-22(17)8-16(23)19-14-5-13(20-21-14)11-3-4-11/h5-6,8,10-11H,3-4,7,9H2,1-2H3,(H2,19,20,21)/p+1. The number of nitrogens with one attached hydrogen (secondary N) is 3. The van der Waals surface area contributed by atoms with E-state index in [1.165, 1.54) is 18.5 Å². The second-order valence-corrected chi connectivity index (χ2v) is 7.11. The summed E-state index contributed by atoms with van der Waals surface area (Å²) >= 11 is 6.23. The molecule has 0 amide bonds. The Bertz CT molecular complexity index is 718. The van der Waals surface area contributed by atoms with Crippen molar-refractivity contribution >= 4 is 23.4 Å². The molecule has 1 atom stereocenters. The molecule has 1 fully saturated rings. The maximum absolute atomic E-state index is 6.23. The van der Waals surface area contributed by atoms with Crippen molar-refractivity contribution in [3.63, 3.8) is 0 Å². The highest BCUT2D eigenvalue weighted by molar-refractivity contribution is 6.15. The zero-order valence-corrected chi connectivity index (χ0v) is 14.6. The van der Waals surface area contributed by atoms with E-state index in [4.69, 9.17) is 16.5 Å². The van der Waals surface area contributed by atoms with E-state index in [1.54, 1.807) is 4.42 Å². The predicted molar refractivity (Wildman–Crippen MR) is 92.4 cm³/mol. The molecule has 4 rings (SSSR count). The topological polar surface area (TPSA) is 70.0 Å². The molecule has 1 saturated carbocycles. The molecular weight excluding hydrogens is 328 g/mol. The van der Waals surface area contributed by atoms with Gasteiger partial charge < -0.3 is 4.74 Å². The van der Waals surface area contributed by atoms with E-state index in [9.17, 15) is 0 Å². The fourth-order valence-electron chi connectivity index (χ4n) is 2.84. The fourth-order valence-corrected chi connectivity index (χ4v) is 3.05. The van der Waals surface area contributed by atoms with Crippen LogP contribution < -0.4 is 10.2 Å². The predicted octanol–water partition coefficient (Wildman–Crippen LogP) is 1.53. The maximum Gasteiger partial charge on any atom is 0.234 e. The highest BCUT2D eigenvalue weighted by Gasteiger charge is 2.34.